The molecule has 1 aromatic heterocycles. The van der Waals surface area contributed by atoms with E-state index in [4.69, 9.17) is 5.73 Å². The normalized spacial score (nSPS) is 25.4. The fourth-order valence-corrected chi connectivity index (χ4v) is 2.70. The van der Waals surface area contributed by atoms with Crippen LogP contribution in [-0.2, 0) is 0 Å². The maximum Gasteiger partial charge on any atom is 0.144 e. The highest BCUT2D eigenvalue weighted by molar-refractivity contribution is 7.99. The summed E-state index contributed by atoms with van der Waals surface area (Å²) in [6, 6.07) is 0.542. The second-order valence-electron chi connectivity index (χ2n) is 3.84. The van der Waals surface area contributed by atoms with Crippen LogP contribution in [0.3, 0.4) is 0 Å². The second-order valence-corrected chi connectivity index (χ2v) is 4.98. The topological polar surface area (TPSA) is 63.8 Å². The van der Waals surface area contributed by atoms with E-state index in [0.29, 0.717) is 11.9 Å². The van der Waals surface area contributed by atoms with Crippen LogP contribution in [-0.4, -0.2) is 27.5 Å². The first-order chi connectivity index (χ1) is 7.28. The van der Waals surface area contributed by atoms with E-state index in [1.54, 1.807) is 12.4 Å². The monoisotopic (exact) mass is 224 g/mol. The van der Waals surface area contributed by atoms with Crippen LogP contribution in [0.2, 0.25) is 0 Å². The number of thioether (sulfide) groups is 1. The Morgan fingerprint density at radius 3 is 2.87 bits per heavy atom. The van der Waals surface area contributed by atoms with Crippen molar-refractivity contribution in [2.45, 2.75) is 30.6 Å². The van der Waals surface area contributed by atoms with E-state index in [-0.39, 0.29) is 0 Å². The molecule has 1 aromatic rings. The smallest absolute Gasteiger partial charge is 0.144 e. The molecule has 0 radical (unpaired) electrons. The molecule has 0 amide bonds. The molecule has 1 heterocycles. The lowest BCUT2D eigenvalue weighted by molar-refractivity contribution is 0.751. The largest absolute Gasteiger partial charge is 0.382 e. The van der Waals surface area contributed by atoms with Crippen molar-refractivity contribution >= 4 is 23.4 Å². The first kappa shape index (κ1) is 10.5. The summed E-state index contributed by atoms with van der Waals surface area (Å²) < 4.78 is 0. The number of hydrogen-bond acceptors (Lipinski definition) is 5. The summed E-state index contributed by atoms with van der Waals surface area (Å²) in [6.07, 6.45) is 9.19. The quantitative estimate of drug-likeness (QED) is 0.819. The molecule has 82 valence electrons. The van der Waals surface area contributed by atoms with Gasteiger partial charge < -0.3 is 11.1 Å². The standard InChI is InChI=1S/C10H16N4S/c1-15-8-3-2-7(4-8)14-10-6-12-9(11)5-13-10/h5-8H,2-4H2,1H3,(H2,11,12)(H,13,14). The van der Waals surface area contributed by atoms with Gasteiger partial charge in [-0.3, -0.25) is 0 Å². The van der Waals surface area contributed by atoms with Gasteiger partial charge in [0.05, 0.1) is 12.4 Å². The molecular weight excluding hydrogens is 208 g/mol. The third-order valence-electron chi connectivity index (χ3n) is 2.74. The van der Waals surface area contributed by atoms with Crippen LogP contribution in [0.25, 0.3) is 0 Å². The van der Waals surface area contributed by atoms with Crippen molar-refractivity contribution in [2.75, 3.05) is 17.3 Å². The minimum atomic E-state index is 0.467. The third-order valence-corrected chi connectivity index (χ3v) is 3.84. The highest BCUT2D eigenvalue weighted by Gasteiger charge is 2.23. The molecule has 2 unspecified atom stereocenters. The van der Waals surface area contributed by atoms with E-state index < -0.39 is 0 Å². The van der Waals surface area contributed by atoms with E-state index in [2.05, 4.69) is 21.5 Å². The van der Waals surface area contributed by atoms with Crippen molar-refractivity contribution in [2.24, 2.45) is 0 Å². The summed E-state index contributed by atoms with van der Waals surface area (Å²) in [5, 5.41) is 4.19. The van der Waals surface area contributed by atoms with Crippen molar-refractivity contribution in [3.63, 3.8) is 0 Å². The molecule has 2 rings (SSSR count). The van der Waals surface area contributed by atoms with Crippen molar-refractivity contribution < 1.29 is 0 Å². The van der Waals surface area contributed by atoms with Crippen LogP contribution in [0, 0.1) is 0 Å². The average molecular weight is 224 g/mol. The van der Waals surface area contributed by atoms with E-state index in [0.717, 1.165) is 11.1 Å². The van der Waals surface area contributed by atoms with Crippen LogP contribution >= 0.6 is 11.8 Å². The fraction of sp³-hybridized carbons (Fsp3) is 0.600. The van der Waals surface area contributed by atoms with Crippen LogP contribution in [0.5, 0.6) is 0 Å². The van der Waals surface area contributed by atoms with Crippen LogP contribution in [0.15, 0.2) is 12.4 Å². The van der Waals surface area contributed by atoms with Crippen LogP contribution in [0.1, 0.15) is 19.3 Å². The third kappa shape index (κ3) is 2.75. The molecule has 15 heavy (non-hydrogen) atoms. The van der Waals surface area contributed by atoms with E-state index in [9.17, 15) is 0 Å². The molecule has 0 aromatic carbocycles. The number of nitrogens with one attached hydrogen (secondary N) is 1. The Morgan fingerprint density at radius 2 is 2.27 bits per heavy atom. The van der Waals surface area contributed by atoms with Crippen LogP contribution in [0.4, 0.5) is 11.6 Å². The Hall–Kier alpha value is -0.970. The molecule has 0 bridgehead atoms. The lowest BCUT2D eigenvalue weighted by atomic mass is 10.2. The predicted molar refractivity (Wildman–Crippen MR) is 65.0 cm³/mol. The average Bonchev–Trinajstić information content (AvgIpc) is 2.69. The number of rotatable bonds is 3. The zero-order valence-electron chi connectivity index (χ0n) is 8.81. The zero-order valence-corrected chi connectivity index (χ0v) is 9.63. The summed E-state index contributed by atoms with van der Waals surface area (Å²) in [5.74, 6) is 1.30. The second kappa shape index (κ2) is 4.70. The van der Waals surface area contributed by atoms with Gasteiger partial charge in [-0.2, -0.15) is 11.8 Å². The van der Waals surface area contributed by atoms with Gasteiger partial charge in [-0.15, -0.1) is 0 Å². The fourth-order valence-electron chi connectivity index (χ4n) is 1.91. The minimum Gasteiger partial charge on any atom is -0.382 e. The number of aromatic nitrogens is 2. The molecule has 1 aliphatic rings. The number of nitrogen functional groups attached to an aromatic ring is 1. The summed E-state index contributed by atoms with van der Waals surface area (Å²) in [6.45, 7) is 0. The molecule has 5 heteroatoms. The number of hydrogen-bond donors (Lipinski definition) is 2. The number of anilines is 2. The number of nitrogens with two attached hydrogens (primary N) is 1. The van der Waals surface area contributed by atoms with Crippen molar-refractivity contribution in [3.8, 4) is 0 Å². The van der Waals surface area contributed by atoms with Gasteiger partial charge in [0.15, 0.2) is 0 Å². The highest BCUT2D eigenvalue weighted by Crippen LogP contribution is 2.29. The van der Waals surface area contributed by atoms with Gasteiger partial charge in [-0.25, -0.2) is 9.97 Å². The van der Waals surface area contributed by atoms with E-state index >= 15 is 0 Å². The molecule has 1 fully saturated rings. The summed E-state index contributed by atoms with van der Waals surface area (Å²) >= 11 is 1.95. The molecule has 1 saturated carbocycles. The molecule has 0 aliphatic heterocycles. The molecule has 2 atom stereocenters. The Kier molecular flexibility index (Phi) is 3.30. The van der Waals surface area contributed by atoms with Crippen molar-refractivity contribution in [3.05, 3.63) is 12.4 Å². The van der Waals surface area contributed by atoms with E-state index in [1.807, 2.05) is 11.8 Å². The van der Waals surface area contributed by atoms with Gasteiger partial charge in [0.25, 0.3) is 0 Å². The first-order valence-corrected chi connectivity index (χ1v) is 6.43. The van der Waals surface area contributed by atoms with Gasteiger partial charge in [-0.05, 0) is 25.5 Å². The predicted octanol–water partition coefficient (Wildman–Crippen LogP) is 1.75. The zero-order chi connectivity index (χ0) is 10.7. The number of nitrogens with zero attached hydrogens (tertiary/aromatic N) is 2. The summed E-state index contributed by atoms with van der Waals surface area (Å²) in [4.78, 5) is 8.20. The lowest BCUT2D eigenvalue weighted by Crippen LogP contribution is -2.17. The Balaban J connectivity index is 1.90. The summed E-state index contributed by atoms with van der Waals surface area (Å²) in [7, 11) is 0. The Bertz CT molecular complexity index is 314. The molecule has 1 aliphatic carbocycles. The maximum absolute atomic E-state index is 5.47. The summed E-state index contributed by atoms with van der Waals surface area (Å²) in [5.41, 5.74) is 5.47. The lowest BCUT2D eigenvalue weighted by Gasteiger charge is -2.12. The Labute approximate surface area is 94.1 Å². The Morgan fingerprint density at radius 1 is 1.40 bits per heavy atom. The SMILES string of the molecule is CSC1CCC(Nc2cnc(N)cn2)C1. The molecule has 3 N–H and O–H groups in total. The first-order valence-electron chi connectivity index (χ1n) is 5.15. The molecule has 4 nitrogen and oxygen atoms in total. The van der Waals surface area contributed by atoms with Gasteiger partial charge in [0.1, 0.15) is 11.6 Å². The van der Waals surface area contributed by atoms with Crippen molar-refractivity contribution in [1.29, 1.82) is 0 Å². The van der Waals surface area contributed by atoms with Gasteiger partial charge in [0, 0.05) is 11.3 Å². The molecular formula is C10H16N4S. The van der Waals surface area contributed by atoms with Crippen molar-refractivity contribution in [1.82, 2.24) is 9.97 Å². The minimum absolute atomic E-state index is 0.467. The molecule has 0 spiro atoms. The molecule has 0 saturated heterocycles. The highest BCUT2D eigenvalue weighted by atomic mass is 32.2. The van der Waals surface area contributed by atoms with Gasteiger partial charge >= 0.3 is 0 Å². The van der Waals surface area contributed by atoms with Crippen LogP contribution < -0.4 is 11.1 Å². The van der Waals surface area contributed by atoms with Gasteiger partial charge in [0.2, 0.25) is 0 Å². The maximum atomic E-state index is 5.47. The van der Waals surface area contributed by atoms with Gasteiger partial charge in [-0.1, -0.05) is 0 Å². The van der Waals surface area contributed by atoms with E-state index in [1.165, 1.54) is 19.3 Å².